The average Bonchev–Trinajstić information content (AvgIpc) is 3.06. The van der Waals surface area contributed by atoms with Crippen LogP contribution in [0.5, 0.6) is 0 Å². The van der Waals surface area contributed by atoms with Crippen LogP contribution in [0.25, 0.3) is 5.69 Å². The lowest BCUT2D eigenvalue weighted by Crippen LogP contribution is -2.23. The van der Waals surface area contributed by atoms with Gasteiger partial charge in [0.2, 0.25) is 0 Å². The van der Waals surface area contributed by atoms with Crippen LogP contribution in [0.2, 0.25) is 0 Å². The van der Waals surface area contributed by atoms with E-state index in [9.17, 15) is 25.0 Å². The number of rotatable bonds is 7. The summed E-state index contributed by atoms with van der Waals surface area (Å²) < 4.78 is 6.80. The second kappa shape index (κ2) is 10.0. The highest BCUT2D eigenvalue weighted by molar-refractivity contribution is 7.98. The molecule has 0 fully saturated rings. The third kappa shape index (κ3) is 4.88. The number of hydrogen-bond acceptors (Lipinski definition) is 7. The fourth-order valence-electron chi connectivity index (χ4n) is 3.30. The number of nitrogens with zero attached hydrogens (tertiary/aromatic N) is 3. The summed E-state index contributed by atoms with van der Waals surface area (Å²) in [6.45, 7) is 3.00. The van der Waals surface area contributed by atoms with Gasteiger partial charge in [-0.05, 0) is 49.9 Å². The number of carbonyl (C=O) groups excluding carboxylic acids is 2. The molecule has 168 valence electrons. The maximum atomic E-state index is 12.6. The van der Waals surface area contributed by atoms with Crippen LogP contribution in [0.3, 0.4) is 0 Å². The molecule has 9 nitrogen and oxygen atoms in total. The SMILES string of the molecule is CSc1ccc(C(=O)OCC(=O)Nc2c(C#N)c(C)c(C)n2-c2ccccc2)cc1[N+](=O)[O-]. The number of hydrogen-bond donors (Lipinski definition) is 1. The van der Waals surface area contributed by atoms with E-state index in [4.69, 9.17) is 4.74 Å². The van der Waals surface area contributed by atoms with Crippen LogP contribution in [0.1, 0.15) is 27.2 Å². The van der Waals surface area contributed by atoms with Gasteiger partial charge in [-0.15, -0.1) is 11.8 Å². The zero-order chi connectivity index (χ0) is 24.1. The van der Waals surface area contributed by atoms with Crippen LogP contribution < -0.4 is 5.32 Å². The number of ether oxygens (including phenoxy) is 1. The van der Waals surface area contributed by atoms with Crippen molar-refractivity contribution in [1.82, 2.24) is 4.57 Å². The molecule has 0 saturated carbocycles. The van der Waals surface area contributed by atoms with E-state index < -0.39 is 23.4 Å². The molecule has 0 aliphatic heterocycles. The molecule has 2 aromatic carbocycles. The molecule has 3 aromatic rings. The number of nitrogens with one attached hydrogen (secondary N) is 1. The Labute approximate surface area is 194 Å². The molecule has 1 N–H and O–H groups in total. The largest absolute Gasteiger partial charge is 0.452 e. The third-order valence-electron chi connectivity index (χ3n) is 5.04. The number of aromatic nitrogens is 1. The summed E-state index contributed by atoms with van der Waals surface area (Å²) in [5, 5.41) is 23.5. The number of nitro groups is 1. The van der Waals surface area contributed by atoms with Crippen LogP contribution in [0.4, 0.5) is 11.5 Å². The quantitative estimate of drug-likeness (QED) is 0.238. The minimum atomic E-state index is -0.868. The highest BCUT2D eigenvalue weighted by atomic mass is 32.2. The molecular formula is C23H20N4O5S. The Bertz CT molecular complexity index is 1280. The van der Waals surface area contributed by atoms with Gasteiger partial charge in [-0.3, -0.25) is 19.5 Å². The first-order valence-electron chi connectivity index (χ1n) is 9.75. The molecule has 1 aromatic heterocycles. The Hall–Kier alpha value is -4.10. The number of anilines is 1. The van der Waals surface area contributed by atoms with Crippen LogP contribution in [0.15, 0.2) is 53.4 Å². The smallest absolute Gasteiger partial charge is 0.338 e. The van der Waals surface area contributed by atoms with Gasteiger partial charge in [-0.2, -0.15) is 5.26 Å². The zero-order valence-corrected chi connectivity index (χ0v) is 18.9. The first-order chi connectivity index (χ1) is 15.8. The lowest BCUT2D eigenvalue weighted by atomic mass is 10.2. The zero-order valence-electron chi connectivity index (χ0n) is 18.1. The van der Waals surface area contributed by atoms with Gasteiger partial charge in [0, 0.05) is 17.4 Å². The summed E-state index contributed by atoms with van der Waals surface area (Å²) in [5.41, 5.74) is 2.31. The highest BCUT2D eigenvalue weighted by Crippen LogP contribution is 2.30. The second-order valence-electron chi connectivity index (χ2n) is 6.98. The summed E-state index contributed by atoms with van der Waals surface area (Å²) in [4.78, 5) is 36.0. The molecule has 1 amide bonds. The molecule has 1 heterocycles. The Morgan fingerprint density at radius 3 is 2.52 bits per heavy atom. The van der Waals surface area contributed by atoms with E-state index in [-0.39, 0.29) is 17.1 Å². The summed E-state index contributed by atoms with van der Waals surface area (Å²) in [5.74, 6) is -1.24. The molecule has 0 radical (unpaired) electrons. The molecular weight excluding hydrogens is 444 g/mol. The molecule has 0 bridgehead atoms. The number of amides is 1. The van der Waals surface area contributed by atoms with Crippen molar-refractivity contribution in [2.75, 3.05) is 18.2 Å². The maximum Gasteiger partial charge on any atom is 0.338 e. The second-order valence-corrected chi connectivity index (χ2v) is 7.83. The van der Waals surface area contributed by atoms with Gasteiger partial charge in [0.15, 0.2) is 6.61 Å². The topological polar surface area (TPSA) is 127 Å². The van der Waals surface area contributed by atoms with E-state index in [2.05, 4.69) is 11.4 Å². The van der Waals surface area contributed by atoms with Gasteiger partial charge >= 0.3 is 5.97 Å². The lowest BCUT2D eigenvalue weighted by molar-refractivity contribution is -0.387. The predicted molar refractivity (Wildman–Crippen MR) is 124 cm³/mol. The van der Waals surface area contributed by atoms with E-state index in [1.54, 1.807) is 17.7 Å². The average molecular weight is 465 g/mol. The lowest BCUT2D eigenvalue weighted by Gasteiger charge is -2.13. The number of nitriles is 1. The van der Waals surface area contributed by atoms with E-state index in [0.717, 1.165) is 23.0 Å². The van der Waals surface area contributed by atoms with Crippen molar-refractivity contribution in [2.45, 2.75) is 18.7 Å². The van der Waals surface area contributed by atoms with Crippen molar-refractivity contribution in [3.05, 3.63) is 81.0 Å². The van der Waals surface area contributed by atoms with Crippen molar-refractivity contribution in [3.63, 3.8) is 0 Å². The predicted octanol–water partition coefficient (Wildman–Crippen LogP) is 4.39. The van der Waals surface area contributed by atoms with Crippen molar-refractivity contribution in [2.24, 2.45) is 0 Å². The van der Waals surface area contributed by atoms with Gasteiger partial charge in [0.25, 0.3) is 11.6 Å². The van der Waals surface area contributed by atoms with Crippen molar-refractivity contribution < 1.29 is 19.2 Å². The Balaban J connectivity index is 1.79. The summed E-state index contributed by atoms with van der Waals surface area (Å²) >= 11 is 1.18. The molecule has 10 heteroatoms. The molecule has 33 heavy (non-hydrogen) atoms. The Morgan fingerprint density at radius 1 is 1.21 bits per heavy atom. The molecule has 0 spiro atoms. The number of esters is 1. The molecule has 0 saturated heterocycles. The van der Waals surface area contributed by atoms with Crippen molar-refractivity contribution in [3.8, 4) is 11.8 Å². The van der Waals surface area contributed by atoms with Gasteiger partial charge in [0.1, 0.15) is 11.9 Å². The summed E-state index contributed by atoms with van der Waals surface area (Å²) in [6.07, 6.45) is 1.69. The van der Waals surface area contributed by atoms with E-state index in [1.807, 2.05) is 37.3 Å². The highest BCUT2D eigenvalue weighted by Gasteiger charge is 2.22. The van der Waals surface area contributed by atoms with E-state index >= 15 is 0 Å². The van der Waals surface area contributed by atoms with Gasteiger partial charge in [0.05, 0.1) is 20.9 Å². The third-order valence-corrected chi connectivity index (χ3v) is 5.83. The van der Waals surface area contributed by atoms with Crippen LogP contribution in [-0.2, 0) is 9.53 Å². The van der Waals surface area contributed by atoms with Gasteiger partial charge < -0.3 is 10.1 Å². The molecule has 0 aliphatic carbocycles. The van der Waals surface area contributed by atoms with E-state index in [0.29, 0.717) is 10.5 Å². The monoisotopic (exact) mass is 464 g/mol. The first-order valence-corrected chi connectivity index (χ1v) is 11.0. The number of para-hydroxylation sites is 1. The number of nitro benzene ring substituents is 1. The van der Waals surface area contributed by atoms with Gasteiger partial charge in [-0.1, -0.05) is 18.2 Å². The fourth-order valence-corrected chi connectivity index (χ4v) is 3.85. The summed E-state index contributed by atoms with van der Waals surface area (Å²) in [6, 6.07) is 15.3. The standard InChI is InChI=1S/C23H20N4O5S/c1-14-15(2)26(17-7-5-4-6-8-17)22(18(14)12-24)25-21(28)13-32-23(29)16-9-10-20(33-3)19(11-16)27(30)31/h4-11H,13H2,1-3H3,(H,25,28). The molecule has 3 rings (SSSR count). The van der Waals surface area contributed by atoms with Gasteiger partial charge in [-0.25, -0.2) is 4.79 Å². The van der Waals surface area contributed by atoms with Crippen molar-refractivity contribution in [1.29, 1.82) is 5.26 Å². The molecule has 0 unspecified atom stereocenters. The molecule has 0 atom stereocenters. The maximum absolute atomic E-state index is 12.6. The number of benzene rings is 2. The summed E-state index contributed by atoms with van der Waals surface area (Å²) in [7, 11) is 0. The van der Waals surface area contributed by atoms with Crippen LogP contribution in [0, 0.1) is 35.3 Å². The normalized spacial score (nSPS) is 10.4. The van der Waals surface area contributed by atoms with Crippen LogP contribution in [-0.4, -0.2) is 34.2 Å². The Morgan fingerprint density at radius 2 is 1.91 bits per heavy atom. The number of thioether (sulfide) groups is 1. The number of carbonyl (C=O) groups is 2. The fraction of sp³-hybridized carbons (Fsp3) is 0.174. The Kier molecular flexibility index (Phi) is 7.15. The minimum Gasteiger partial charge on any atom is -0.452 e. The minimum absolute atomic E-state index is 0.0376. The van der Waals surface area contributed by atoms with E-state index in [1.165, 1.54) is 23.9 Å². The molecule has 0 aliphatic rings. The first kappa shape index (κ1) is 23.6. The van der Waals surface area contributed by atoms with Crippen molar-refractivity contribution >= 4 is 35.1 Å². The van der Waals surface area contributed by atoms with Crippen LogP contribution >= 0.6 is 11.8 Å².